The molecule has 0 aromatic heterocycles. The van der Waals surface area contributed by atoms with Crippen LogP contribution >= 0.6 is 0 Å². The van der Waals surface area contributed by atoms with Gasteiger partial charge in [-0.25, -0.2) is 0 Å². The van der Waals surface area contributed by atoms with Crippen molar-refractivity contribution in [1.29, 1.82) is 0 Å². The van der Waals surface area contributed by atoms with E-state index in [1.54, 1.807) is 0 Å². The summed E-state index contributed by atoms with van der Waals surface area (Å²) in [4.78, 5) is 11.0. The van der Waals surface area contributed by atoms with Crippen LogP contribution in [-0.2, 0) is 4.79 Å². The number of carbonyl (C=O) groups is 1. The van der Waals surface area contributed by atoms with E-state index in [9.17, 15) is 4.79 Å². The molecule has 30 heavy (non-hydrogen) atoms. The molecule has 4 nitrogen and oxygen atoms in total. The van der Waals surface area contributed by atoms with Crippen molar-refractivity contribution in [3.8, 4) is 0 Å². The summed E-state index contributed by atoms with van der Waals surface area (Å²) in [6.07, 6.45) is 15.7. The summed E-state index contributed by atoms with van der Waals surface area (Å²) >= 11 is 0. The van der Waals surface area contributed by atoms with Crippen molar-refractivity contribution in [2.24, 2.45) is 57.8 Å². The lowest BCUT2D eigenvalue weighted by Crippen LogP contribution is -2.53. The highest BCUT2D eigenvalue weighted by atomic mass is 16.4. The molecule has 4 aliphatic rings. The van der Waals surface area contributed by atoms with Gasteiger partial charge in [0.05, 0.1) is 0 Å². The van der Waals surface area contributed by atoms with Gasteiger partial charge >= 0.3 is 5.97 Å². The summed E-state index contributed by atoms with van der Waals surface area (Å²) < 4.78 is 0. The maximum Gasteiger partial charge on any atom is 0.303 e. The van der Waals surface area contributed by atoms with E-state index in [1.165, 1.54) is 64.2 Å². The highest BCUT2D eigenvalue weighted by molar-refractivity contribution is 5.66. The normalized spacial score (nSPS) is 43.4. The smallest absolute Gasteiger partial charge is 0.303 e. The molecule has 174 valence electrons. The molecular weight excluding hydrogens is 372 g/mol. The van der Waals surface area contributed by atoms with Crippen LogP contribution in [0.5, 0.6) is 0 Å². The van der Waals surface area contributed by atoms with E-state index in [0.717, 1.165) is 36.0 Å². The zero-order chi connectivity index (χ0) is 21.9. The first kappa shape index (κ1) is 24.0. The van der Waals surface area contributed by atoms with Gasteiger partial charge in [-0.05, 0) is 104 Å². The Kier molecular flexibility index (Phi) is 7.93. The largest absolute Gasteiger partial charge is 0.481 e. The summed E-state index contributed by atoms with van der Waals surface area (Å²) in [6.45, 7) is 8.79. The molecule has 4 fully saturated rings. The molecule has 2 unspecified atom stereocenters. The van der Waals surface area contributed by atoms with Gasteiger partial charge in [-0.2, -0.15) is 0 Å². The number of aliphatic carboxylic acids is 1. The van der Waals surface area contributed by atoms with Crippen molar-refractivity contribution >= 4 is 5.97 Å². The van der Waals surface area contributed by atoms with Crippen LogP contribution in [0.4, 0.5) is 0 Å². The summed E-state index contributed by atoms with van der Waals surface area (Å²) in [5.74, 6) is 4.57. The van der Waals surface area contributed by atoms with Crippen LogP contribution in [0.2, 0.25) is 0 Å². The summed E-state index contributed by atoms with van der Waals surface area (Å²) in [7, 11) is 0. The zero-order valence-corrected chi connectivity index (χ0v) is 19.9. The van der Waals surface area contributed by atoms with E-state index in [-0.39, 0.29) is 0 Å². The lowest BCUT2D eigenvalue weighted by Gasteiger charge is -2.61. The van der Waals surface area contributed by atoms with Gasteiger partial charge in [-0.15, -0.1) is 0 Å². The Morgan fingerprint density at radius 2 is 1.63 bits per heavy atom. The second-order valence-electron chi connectivity index (χ2n) is 11.6. The first-order valence-corrected chi connectivity index (χ1v) is 12.9. The fraction of sp³-hybridized carbons (Fsp3) is 0.962. The number of rotatable bonds is 5. The number of hydrogen-bond donors (Lipinski definition) is 3. The van der Waals surface area contributed by atoms with Crippen LogP contribution in [0.25, 0.3) is 0 Å². The Bertz CT molecular complexity index is 579. The minimum Gasteiger partial charge on any atom is -0.481 e. The summed E-state index contributed by atoms with van der Waals surface area (Å²) in [6, 6.07) is 0. The first-order valence-electron chi connectivity index (χ1n) is 12.9. The predicted octanol–water partition coefficient (Wildman–Crippen LogP) is 5.44. The highest BCUT2D eigenvalue weighted by Crippen LogP contribution is 2.68. The van der Waals surface area contributed by atoms with Crippen molar-refractivity contribution in [2.75, 3.05) is 13.1 Å². The number of nitrogens with two attached hydrogens (primary N) is 2. The number of fused-ring (bicyclic) bond motifs is 5. The molecule has 0 aromatic rings. The molecule has 4 saturated carbocycles. The Balaban J connectivity index is 0.000000589. The minimum atomic E-state index is -0.621. The van der Waals surface area contributed by atoms with E-state index in [2.05, 4.69) is 20.8 Å². The highest BCUT2D eigenvalue weighted by Gasteiger charge is 2.60. The summed E-state index contributed by atoms with van der Waals surface area (Å²) in [5, 5.41) is 9.09. The Labute approximate surface area is 184 Å². The van der Waals surface area contributed by atoms with Gasteiger partial charge in [0, 0.05) is 19.5 Å². The molecular formula is C26H48N2O2. The third kappa shape index (κ3) is 4.46. The number of hydrogen-bond acceptors (Lipinski definition) is 3. The standard InChI is InChI=1S/C24H40O2.C2H8N2/c1-16(7-12-22(25)26)19-10-11-20-18-9-8-17-6-4-5-14-23(17,2)21(18)13-15-24(19,20)3;3-1-2-4/h16-21H,4-15H2,1-3H3,(H,25,26);1-4H2/t16?,17?,18-,19+,20-,21-,23-,24+;/m0./s1. The molecule has 0 aromatic carbocycles. The van der Waals surface area contributed by atoms with E-state index in [1.807, 2.05) is 0 Å². The quantitative estimate of drug-likeness (QED) is 0.552. The van der Waals surface area contributed by atoms with Gasteiger partial charge < -0.3 is 16.6 Å². The van der Waals surface area contributed by atoms with Gasteiger partial charge in [-0.1, -0.05) is 33.6 Å². The first-order chi connectivity index (χ1) is 14.3. The summed E-state index contributed by atoms with van der Waals surface area (Å²) in [5.41, 5.74) is 10.9. The SMILES string of the molecule is CC(CCC(=O)O)[C@H]1CC[C@H]2[C@@H]3CCC4CCCC[C@]4(C)[C@H]3CC[C@]12C.NCCN. The topological polar surface area (TPSA) is 89.3 Å². The molecule has 4 rings (SSSR count). The Morgan fingerprint density at radius 3 is 2.30 bits per heavy atom. The molecule has 0 amide bonds. The predicted molar refractivity (Wildman–Crippen MR) is 124 cm³/mol. The van der Waals surface area contributed by atoms with E-state index >= 15 is 0 Å². The van der Waals surface area contributed by atoms with Crippen LogP contribution in [0.1, 0.15) is 97.8 Å². The molecule has 4 aliphatic carbocycles. The molecule has 0 radical (unpaired) electrons. The molecule has 8 atom stereocenters. The maximum absolute atomic E-state index is 11.0. The van der Waals surface area contributed by atoms with Gasteiger partial charge in [-0.3, -0.25) is 4.79 Å². The van der Waals surface area contributed by atoms with E-state index < -0.39 is 5.97 Å². The van der Waals surface area contributed by atoms with Gasteiger partial charge in [0.25, 0.3) is 0 Å². The molecule has 0 spiro atoms. The van der Waals surface area contributed by atoms with Crippen LogP contribution in [0.3, 0.4) is 0 Å². The van der Waals surface area contributed by atoms with Crippen LogP contribution in [0, 0.1) is 46.3 Å². The number of carboxylic acids is 1. The third-order valence-corrected chi connectivity index (χ3v) is 10.3. The lowest BCUT2D eigenvalue weighted by molar-refractivity contribution is -0.137. The fourth-order valence-electron chi connectivity index (χ4n) is 8.82. The fourth-order valence-corrected chi connectivity index (χ4v) is 8.82. The molecule has 0 saturated heterocycles. The van der Waals surface area contributed by atoms with Crippen molar-refractivity contribution in [2.45, 2.75) is 97.8 Å². The molecule has 5 N–H and O–H groups in total. The number of carboxylic acid groups (broad SMARTS) is 1. The lowest BCUT2D eigenvalue weighted by atomic mass is 9.44. The molecule has 0 heterocycles. The average Bonchev–Trinajstić information content (AvgIpc) is 3.09. The van der Waals surface area contributed by atoms with Gasteiger partial charge in [0.2, 0.25) is 0 Å². The Hall–Kier alpha value is -0.610. The van der Waals surface area contributed by atoms with Crippen LogP contribution < -0.4 is 11.5 Å². The second kappa shape index (κ2) is 9.90. The minimum absolute atomic E-state index is 0.351. The monoisotopic (exact) mass is 420 g/mol. The van der Waals surface area contributed by atoms with Crippen molar-refractivity contribution in [3.63, 3.8) is 0 Å². The molecule has 0 aliphatic heterocycles. The van der Waals surface area contributed by atoms with Crippen molar-refractivity contribution < 1.29 is 9.90 Å². The molecule has 0 bridgehead atoms. The van der Waals surface area contributed by atoms with Crippen molar-refractivity contribution in [3.05, 3.63) is 0 Å². The van der Waals surface area contributed by atoms with E-state index in [4.69, 9.17) is 16.6 Å². The zero-order valence-electron chi connectivity index (χ0n) is 19.9. The van der Waals surface area contributed by atoms with Gasteiger partial charge in [0.1, 0.15) is 0 Å². The van der Waals surface area contributed by atoms with Crippen molar-refractivity contribution in [1.82, 2.24) is 0 Å². The van der Waals surface area contributed by atoms with Crippen LogP contribution in [-0.4, -0.2) is 24.2 Å². The maximum atomic E-state index is 11.0. The van der Waals surface area contributed by atoms with E-state index in [0.29, 0.717) is 36.3 Å². The average molecular weight is 421 g/mol. The molecule has 4 heteroatoms. The third-order valence-electron chi connectivity index (χ3n) is 10.3. The van der Waals surface area contributed by atoms with Crippen LogP contribution in [0.15, 0.2) is 0 Å². The second-order valence-corrected chi connectivity index (χ2v) is 11.6. The Morgan fingerprint density at radius 1 is 0.933 bits per heavy atom. The van der Waals surface area contributed by atoms with Gasteiger partial charge in [0.15, 0.2) is 0 Å².